The van der Waals surface area contributed by atoms with Gasteiger partial charge in [-0.25, -0.2) is 19.2 Å². The van der Waals surface area contributed by atoms with Crippen molar-refractivity contribution in [2.45, 2.75) is 69.2 Å². The fourth-order valence-corrected chi connectivity index (χ4v) is 12.0. The SMILES string of the molecule is COc1ccc(CC2c3cc(OC)c(OC)cc3CC[N+]2(C)CC(OC(=O)c2ccc(Cl)cc2)C(=O)OCCCCCOC(=O)C(C[N+]2(C)CCc3cc(OC)c(OC)cc3C2Cc2ccc(OC)c(OC)c2)OC(=O)c2ccc(Cl)cc2)cc1OC.[I-].[I-]. The lowest BCUT2D eigenvalue weighted by molar-refractivity contribution is -0.943. The Bertz CT molecular complexity index is 3170. The van der Waals surface area contributed by atoms with E-state index in [9.17, 15) is 19.2 Å². The van der Waals surface area contributed by atoms with Gasteiger partial charge in [0.25, 0.3) is 0 Å². The summed E-state index contributed by atoms with van der Waals surface area (Å²) in [5, 5.41) is 0.870. The number of methoxy groups -OCH3 is 8. The second-order valence-corrected chi connectivity index (χ2v) is 23.0. The molecule has 22 heteroatoms. The zero-order valence-corrected chi connectivity index (χ0v) is 57.7. The molecule has 6 atom stereocenters. The Hall–Kier alpha value is -6.44. The lowest BCUT2D eigenvalue weighted by Crippen LogP contribution is -3.00. The van der Waals surface area contributed by atoms with Gasteiger partial charge in [0.05, 0.1) is 108 Å². The molecule has 0 amide bonds. The minimum Gasteiger partial charge on any atom is -1.00 e. The molecule has 6 aromatic rings. The standard InChI is InChI=1S/C67H78Cl2N2O16.2HI/c1-70(28-26-46-36-58(80-7)60(82-9)38-50(46)52(70)32-42-14-24-54(76-3)56(34-42)78-5)40-62(86-64(72)44-16-20-48(68)21-17-44)66(74)84-30-12-11-13-31-85-67(75)63(87-65(73)45-18-22-49(69)23-19-45)41-71(2)29-27-47-37-59(81-8)61(83-10)39-51(47)53(71)33-43-15-25-55(77-4)57(35-43)79-6;;/h14-25,34-39,52-53,62-63H,11-13,26-33,40-41H2,1-10H3;2*1H/q+2;;/p-2. The van der Waals surface area contributed by atoms with Crippen molar-refractivity contribution in [1.29, 1.82) is 0 Å². The maximum absolute atomic E-state index is 14.4. The van der Waals surface area contributed by atoms with Gasteiger partial charge in [0.2, 0.25) is 12.2 Å². The number of benzene rings is 6. The first-order valence-corrected chi connectivity index (χ1v) is 29.5. The van der Waals surface area contributed by atoms with Crippen LogP contribution in [0.3, 0.4) is 0 Å². The average molecular weight is 1490 g/mol. The van der Waals surface area contributed by atoms with Crippen LogP contribution in [0, 0.1) is 0 Å². The molecule has 18 nitrogen and oxygen atoms in total. The van der Waals surface area contributed by atoms with E-state index in [4.69, 9.17) is 80.0 Å². The highest BCUT2D eigenvalue weighted by atomic mass is 127. The highest BCUT2D eigenvalue weighted by molar-refractivity contribution is 6.31. The molecule has 0 saturated heterocycles. The van der Waals surface area contributed by atoms with Crippen LogP contribution in [0.4, 0.5) is 0 Å². The fourth-order valence-electron chi connectivity index (χ4n) is 11.8. The Balaban J connectivity index is 0.00000631. The van der Waals surface area contributed by atoms with Gasteiger partial charge in [0.1, 0.15) is 25.2 Å². The van der Waals surface area contributed by atoms with Gasteiger partial charge in [-0.2, -0.15) is 0 Å². The number of carbonyl (C=O) groups excluding carboxylic acids is 4. The lowest BCUT2D eigenvalue weighted by atomic mass is 9.86. The summed E-state index contributed by atoms with van der Waals surface area (Å²) in [6.45, 7) is 1.23. The second-order valence-electron chi connectivity index (χ2n) is 22.1. The van der Waals surface area contributed by atoms with E-state index in [1.807, 2.05) is 74.8 Å². The van der Waals surface area contributed by atoms with Crippen LogP contribution in [0.25, 0.3) is 0 Å². The quantitative estimate of drug-likeness (QED) is 0.0209. The van der Waals surface area contributed by atoms with E-state index < -0.39 is 36.1 Å². The summed E-state index contributed by atoms with van der Waals surface area (Å²) in [7, 11) is 16.8. The molecule has 0 saturated carbocycles. The molecule has 2 heterocycles. The number of unbranched alkanes of at least 4 members (excludes halogenated alkanes) is 2. The Morgan fingerprint density at radius 3 is 1.10 bits per heavy atom. The van der Waals surface area contributed by atoms with Crippen molar-refractivity contribution < 1.29 is 133 Å². The number of quaternary nitrogens is 2. The molecule has 2 aliphatic rings. The van der Waals surface area contributed by atoms with Crippen molar-refractivity contribution in [2.24, 2.45) is 0 Å². The number of carbonyl (C=O) groups is 4. The first-order valence-electron chi connectivity index (χ1n) is 28.8. The molecule has 0 N–H and O–H groups in total. The molecular formula is C67H78Cl2I2N2O16. The normalized spacial score (nSPS) is 17.9. The van der Waals surface area contributed by atoms with Crippen LogP contribution in [0.2, 0.25) is 10.0 Å². The number of ether oxygens (including phenoxy) is 12. The van der Waals surface area contributed by atoms with Crippen LogP contribution in [0.1, 0.15) is 85.4 Å². The maximum atomic E-state index is 14.4. The largest absolute Gasteiger partial charge is 1.00 e. The molecule has 2 aliphatic heterocycles. The van der Waals surface area contributed by atoms with Crippen molar-refractivity contribution in [3.63, 3.8) is 0 Å². The molecule has 6 aromatic carbocycles. The van der Waals surface area contributed by atoms with Gasteiger partial charge in [-0.15, -0.1) is 0 Å². The van der Waals surface area contributed by atoms with Gasteiger partial charge >= 0.3 is 23.9 Å². The zero-order chi connectivity index (χ0) is 62.4. The second kappa shape index (κ2) is 33.0. The van der Waals surface area contributed by atoms with E-state index in [1.165, 1.54) is 0 Å². The van der Waals surface area contributed by atoms with E-state index in [0.717, 1.165) is 33.4 Å². The summed E-state index contributed by atoms with van der Waals surface area (Å²) in [6, 6.07) is 31.5. The predicted octanol–water partition coefficient (Wildman–Crippen LogP) is 5.05. The van der Waals surface area contributed by atoms with Crippen LogP contribution >= 0.6 is 23.2 Å². The van der Waals surface area contributed by atoms with Crippen LogP contribution in [-0.4, -0.2) is 155 Å². The molecular weight excluding hydrogens is 1410 g/mol. The topological polar surface area (TPSA) is 179 Å². The first kappa shape index (κ1) is 71.6. The molecule has 0 radical (unpaired) electrons. The van der Waals surface area contributed by atoms with Crippen LogP contribution in [-0.2, 0) is 54.2 Å². The third kappa shape index (κ3) is 17.5. The van der Waals surface area contributed by atoms with Gasteiger partial charge in [-0.05, 0) is 139 Å². The van der Waals surface area contributed by atoms with Crippen molar-refractivity contribution in [1.82, 2.24) is 0 Å². The molecule has 0 fully saturated rings. The van der Waals surface area contributed by atoms with Crippen LogP contribution in [0.15, 0.2) is 109 Å². The number of rotatable bonds is 28. The summed E-state index contributed by atoms with van der Waals surface area (Å²) in [5.41, 5.74) is 6.44. The van der Waals surface area contributed by atoms with E-state index >= 15 is 0 Å². The van der Waals surface area contributed by atoms with Crippen LogP contribution < -0.4 is 85.8 Å². The Morgan fingerprint density at radius 1 is 0.438 bits per heavy atom. The number of hydrogen-bond donors (Lipinski definition) is 0. The number of halogens is 4. The summed E-state index contributed by atoms with van der Waals surface area (Å²) >= 11 is 12.4. The summed E-state index contributed by atoms with van der Waals surface area (Å²) in [6.07, 6.45) is 0.848. The molecule has 8 rings (SSSR count). The molecule has 6 unspecified atom stereocenters. The van der Waals surface area contributed by atoms with Gasteiger partial charge in [0.15, 0.2) is 46.0 Å². The van der Waals surface area contributed by atoms with E-state index in [-0.39, 0.29) is 106 Å². The Kier molecular flexibility index (Phi) is 26.6. The van der Waals surface area contributed by atoms with Crippen molar-refractivity contribution in [3.05, 3.63) is 164 Å². The number of esters is 4. The van der Waals surface area contributed by atoms with Gasteiger partial charge in [-0.3, -0.25) is 0 Å². The highest BCUT2D eigenvalue weighted by Crippen LogP contribution is 2.46. The number of hydrogen-bond acceptors (Lipinski definition) is 16. The van der Waals surface area contributed by atoms with Crippen molar-refractivity contribution in [2.75, 3.05) is 110 Å². The number of fused-ring (bicyclic) bond motifs is 2. The Morgan fingerprint density at radius 2 is 0.764 bits per heavy atom. The molecule has 480 valence electrons. The molecule has 0 spiro atoms. The van der Waals surface area contributed by atoms with Gasteiger partial charge in [0, 0.05) is 46.9 Å². The summed E-state index contributed by atoms with van der Waals surface area (Å²) in [5.74, 6) is 1.77. The molecule has 89 heavy (non-hydrogen) atoms. The number of likely N-dealkylation sites (N-methyl/N-ethyl adjacent to an activating group) is 2. The first-order chi connectivity index (χ1) is 41.9. The maximum Gasteiger partial charge on any atom is 0.353 e. The van der Waals surface area contributed by atoms with Gasteiger partial charge < -0.3 is 114 Å². The lowest BCUT2D eigenvalue weighted by Gasteiger charge is -2.47. The van der Waals surface area contributed by atoms with E-state index in [2.05, 4.69) is 0 Å². The van der Waals surface area contributed by atoms with E-state index in [0.29, 0.717) is 114 Å². The molecule has 0 aromatic heterocycles. The molecule has 0 aliphatic carbocycles. The fraction of sp³-hybridized carbons (Fsp3) is 0.403. The highest BCUT2D eigenvalue weighted by Gasteiger charge is 2.47. The van der Waals surface area contributed by atoms with E-state index in [1.54, 1.807) is 105 Å². The average Bonchev–Trinajstić information content (AvgIpc) is 2.19. The molecule has 0 bridgehead atoms. The smallest absolute Gasteiger partial charge is 0.353 e. The monoisotopic (exact) mass is 1490 g/mol. The minimum atomic E-state index is -1.33. The zero-order valence-electron chi connectivity index (χ0n) is 51.8. The van der Waals surface area contributed by atoms with Crippen molar-refractivity contribution in [3.8, 4) is 46.0 Å². The third-order valence-corrected chi connectivity index (χ3v) is 17.2. The Labute approximate surface area is 565 Å². The minimum absolute atomic E-state index is 0. The van der Waals surface area contributed by atoms with Crippen molar-refractivity contribution >= 4 is 47.1 Å². The number of nitrogens with zero attached hydrogens (tertiary/aromatic N) is 2. The summed E-state index contributed by atoms with van der Waals surface area (Å²) < 4.78 is 70.2. The summed E-state index contributed by atoms with van der Waals surface area (Å²) in [4.78, 5) is 56.7. The predicted molar refractivity (Wildman–Crippen MR) is 327 cm³/mol. The van der Waals surface area contributed by atoms with Gasteiger partial charge in [-0.1, -0.05) is 35.3 Å². The third-order valence-electron chi connectivity index (χ3n) is 16.7. The van der Waals surface area contributed by atoms with Crippen LogP contribution in [0.5, 0.6) is 46.0 Å².